The van der Waals surface area contributed by atoms with E-state index in [4.69, 9.17) is 0 Å². The number of pyridine rings is 1. The van der Waals surface area contributed by atoms with Gasteiger partial charge in [-0.05, 0) is 41.7 Å². The van der Waals surface area contributed by atoms with Gasteiger partial charge in [-0.1, -0.05) is 24.3 Å². The Morgan fingerprint density at radius 3 is 2.50 bits per heavy atom. The smallest absolute Gasteiger partial charge is 0.229 e. The van der Waals surface area contributed by atoms with Gasteiger partial charge in [-0.15, -0.1) is 0 Å². The third-order valence-electron chi connectivity index (χ3n) is 4.21. The zero-order chi connectivity index (χ0) is 16.4. The summed E-state index contributed by atoms with van der Waals surface area (Å²) in [6.07, 6.45) is 6.30. The van der Waals surface area contributed by atoms with Crippen LogP contribution in [-0.2, 0) is 11.2 Å². The lowest BCUT2D eigenvalue weighted by Gasteiger charge is -2.05. The van der Waals surface area contributed by atoms with Gasteiger partial charge in [0, 0.05) is 30.1 Å². The largest absolute Gasteiger partial charge is 0.309 e. The van der Waals surface area contributed by atoms with Crippen molar-refractivity contribution in [2.24, 2.45) is 0 Å². The van der Waals surface area contributed by atoms with Crippen LogP contribution in [0.2, 0.25) is 0 Å². The minimum Gasteiger partial charge on any atom is -0.309 e. The van der Waals surface area contributed by atoms with Crippen molar-refractivity contribution in [2.75, 3.05) is 5.32 Å². The summed E-state index contributed by atoms with van der Waals surface area (Å²) >= 11 is 0. The van der Waals surface area contributed by atoms with E-state index >= 15 is 0 Å². The number of nitrogens with one attached hydrogen (secondary N) is 2. The number of hydrogen-bond acceptors (Lipinski definition) is 3. The number of aromatic nitrogens is 3. The van der Waals surface area contributed by atoms with Gasteiger partial charge in [0.25, 0.3) is 0 Å². The molecule has 2 heterocycles. The number of nitrogens with zero attached hydrogens (tertiary/aromatic N) is 2. The maximum Gasteiger partial charge on any atom is 0.229 e. The second kappa shape index (κ2) is 6.28. The van der Waals surface area contributed by atoms with Crippen molar-refractivity contribution in [3.63, 3.8) is 0 Å². The van der Waals surface area contributed by atoms with E-state index < -0.39 is 0 Å². The van der Waals surface area contributed by atoms with Crippen LogP contribution in [0, 0.1) is 0 Å². The fraction of sp³-hybridized carbons (Fsp3) is 0.211. The van der Waals surface area contributed by atoms with Crippen molar-refractivity contribution in [2.45, 2.75) is 25.2 Å². The van der Waals surface area contributed by atoms with E-state index in [9.17, 15) is 4.79 Å². The molecule has 0 atom stereocenters. The van der Waals surface area contributed by atoms with E-state index in [0.29, 0.717) is 18.2 Å². The van der Waals surface area contributed by atoms with Gasteiger partial charge in [-0.25, -0.2) is 0 Å². The number of carbonyl (C=O) groups excluding carboxylic acids is 1. The summed E-state index contributed by atoms with van der Waals surface area (Å²) in [6, 6.07) is 13.9. The highest BCUT2D eigenvalue weighted by atomic mass is 16.1. The Balaban J connectivity index is 1.38. The Bertz CT molecular complexity index is 835. The number of amides is 1. The molecule has 0 saturated heterocycles. The zero-order valence-electron chi connectivity index (χ0n) is 13.2. The second-order valence-corrected chi connectivity index (χ2v) is 6.14. The van der Waals surface area contributed by atoms with Crippen LogP contribution in [-0.4, -0.2) is 21.1 Å². The van der Waals surface area contributed by atoms with Crippen LogP contribution < -0.4 is 5.32 Å². The second-order valence-electron chi connectivity index (χ2n) is 6.14. The molecule has 1 saturated carbocycles. The Morgan fingerprint density at radius 1 is 1.08 bits per heavy atom. The molecule has 1 aliphatic rings. The predicted octanol–water partition coefficient (Wildman–Crippen LogP) is 3.53. The quantitative estimate of drug-likeness (QED) is 0.756. The molecule has 1 aromatic carbocycles. The Hall–Kier alpha value is -2.95. The first-order valence-corrected chi connectivity index (χ1v) is 8.12. The van der Waals surface area contributed by atoms with Gasteiger partial charge in [0.1, 0.15) is 0 Å². The van der Waals surface area contributed by atoms with Crippen LogP contribution in [0.15, 0.2) is 54.9 Å². The molecule has 5 heteroatoms. The minimum atomic E-state index is -0.0551. The summed E-state index contributed by atoms with van der Waals surface area (Å²) in [6.45, 7) is 0. The molecular weight excluding hydrogens is 300 g/mol. The summed E-state index contributed by atoms with van der Waals surface area (Å²) in [7, 11) is 0. The standard InChI is InChI=1S/C19H18N4O/c24-19(21-18-12-17(22-23-18)16-5-6-16)11-13-1-3-14(4-2-13)15-7-9-20-10-8-15/h1-4,7-10,12,16H,5-6,11H2,(H2,21,22,23,24). The van der Waals surface area contributed by atoms with Gasteiger partial charge in [-0.2, -0.15) is 5.10 Å². The molecule has 1 amide bonds. The lowest BCUT2D eigenvalue weighted by Crippen LogP contribution is -2.14. The summed E-state index contributed by atoms with van der Waals surface area (Å²) in [5.41, 5.74) is 4.32. The molecule has 120 valence electrons. The molecule has 0 bridgehead atoms. The first-order chi connectivity index (χ1) is 11.8. The van der Waals surface area contributed by atoms with Gasteiger partial charge in [0.2, 0.25) is 5.91 Å². The number of rotatable bonds is 5. The molecule has 5 nitrogen and oxygen atoms in total. The summed E-state index contributed by atoms with van der Waals surface area (Å²) in [5.74, 6) is 1.15. The SMILES string of the molecule is O=C(Cc1ccc(-c2ccncc2)cc1)Nc1cc(C2CC2)[nH]n1. The van der Waals surface area contributed by atoms with Crippen molar-refractivity contribution in [1.29, 1.82) is 0 Å². The minimum absolute atomic E-state index is 0.0551. The van der Waals surface area contributed by atoms with Crippen LogP contribution in [0.5, 0.6) is 0 Å². The van der Waals surface area contributed by atoms with Crippen LogP contribution in [0.1, 0.15) is 30.0 Å². The molecule has 4 rings (SSSR count). The predicted molar refractivity (Wildman–Crippen MR) is 92.6 cm³/mol. The van der Waals surface area contributed by atoms with Crippen molar-refractivity contribution < 1.29 is 4.79 Å². The maximum atomic E-state index is 12.2. The van der Waals surface area contributed by atoms with E-state index in [1.165, 1.54) is 12.8 Å². The third-order valence-corrected chi connectivity index (χ3v) is 4.21. The van der Waals surface area contributed by atoms with Gasteiger partial charge >= 0.3 is 0 Å². The van der Waals surface area contributed by atoms with Gasteiger partial charge < -0.3 is 5.32 Å². The van der Waals surface area contributed by atoms with Crippen molar-refractivity contribution in [3.05, 3.63) is 66.1 Å². The average Bonchev–Trinajstić information content (AvgIpc) is 3.36. The fourth-order valence-electron chi connectivity index (χ4n) is 2.74. The number of aromatic amines is 1. The number of benzene rings is 1. The monoisotopic (exact) mass is 318 g/mol. The molecule has 3 aromatic rings. The highest BCUT2D eigenvalue weighted by Gasteiger charge is 2.25. The van der Waals surface area contributed by atoms with Crippen LogP contribution >= 0.6 is 0 Å². The van der Waals surface area contributed by atoms with Gasteiger partial charge in [0.05, 0.1) is 6.42 Å². The molecule has 0 unspecified atom stereocenters. The maximum absolute atomic E-state index is 12.2. The lowest BCUT2D eigenvalue weighted by molar-refractivity contribution is -0.115. The Kier molecular flexibility index (Phi) is 3.83. The zero-order valence-corrected chi connectivity index (χ0v) is 13.2. The first-order valence-electron chi connectivity index (χ1n) is 8.12. The Labute approximate surface area is 140 Å². The molecule has 0 spiro atoms. The molecule has 2 aromatic heterocycles. The molecule has 1 fully saturated rings. The Morgan fingerprint density at radius 2 is 1.79 bits per heavy atom. The highest BCUT2D eigenvalue weighted by Crippen LogP contribution is 2.39. The van der Waals surface area contributed by atoms with Crippen LogP contribution in [0.4, 0.5) is 5.82 Å². The normalized spacial score (nSPS) is 13.7. The number of anilines is 1. The van der Waals surface area contributed by atoms with E-state index in [-0.39, 0.29) is 5.91 Å². The number of hydrogen-bond donors (Lipinski definition) is 2. The number of carbonyl (C=O) groups is 1. The molecule has 2 N–H and O–H groups in total. The molecule has 0 radical (unpaired) electrons. The van der Waals surface area contributed by atoms with Crippen molar-refractivity contribution in [3.8, 4) is 11.1 Å². The summed E-state index contributed by atoms with van der Waals surface area (Å²) in [5, 5.41) is 9.99. The van der Waals surface area contributed by atoms with Crippen LogP contribution in [0.3, 0.4) is 0 Å². The molecule has 0 aliphatic heterocycles. The lowest BCUT2D eigenvalue weighted by atomic mass is 10.0. The topological polar surface area (TPSA) is 70.7 Å². The van der Waals surface area contributed by atoms with Gasteiger partial charge in [0.15, 0.2) is 5.82 Å². The van der Waals surface area contributed by atoms with E-state index in [1.807, 2.05) is 42.5 Å². The first kappa shape index (κ1) is 14.6. The molecular formula is C19H18N4O. The van der Waals surface area contributed by atoms with E-state index in [2.05, 4.69) is 20.5 Å². The van der Waals surface area contributed by atoms with Crippen LogP contribution in [0.25, 0.3) is 11.1 Å². The van der Waals surface area contributed by atoms with E-state index in [1.54, 1.807) is 12.4 Å². The van der Waals surface area contributed by atoms with Gasteiger partial charge in [-0.3, -0.25) is 14.9 Å². The van der Waals surface area contributed by atoms with E-state index in [0.717, 1.165) is 22.4 Å². The summed E-state index contributed by atoms with van der Waals surface area (Å²) in [4.78, 5) is 16.2. The number of H-pyrrole nitrogens is 1. The molecule has 1 aliphatic carbocycles. The average molecular weight is 318 g/mol. The highest BCUT2D eigenvalue weighted by molar-refractivity contribution is 5.91. The molecule has 24 heavy (non-hydrogen) atoms. The summed E-state index contributed by atoms with van der Waals surface area (Å²) < 4.78 is 0. The van der Waals surface area contributed by atoms with Crippen molar-refractivity contribution in [1.82, 2.24) is 15.2 Å². The third kappa shape index (κ3) is 3.35. The van der Waals surface area contributed by atoms with Crippen molar-refractivity contribution >= 4 is 11.7 Å². The fourth-order valence-corrected chi connectivity index (χ4v) is 2.74.